The van der Waals surface area contributed by atoms with Crippen LogP contribution in [0.2, 0.25) is 0 Å². The molecule has 0 bridgehead atoms. The quantitative estimate of drug-likeness (QED) is 0.800. The van der Waals surface area contributed by atoms with E-state index in [0.29, 0.717) is 12.1 Å². The van der Waals surface area contributed by atoms with Gasteiger partial charge >= 0.3 is 0 Å². The van der Waals surface area contributed by atoms with E-state index in [1.165, 1.54) is 0 Å². The van der Waals surface area contributed by atoms with Crippen molar-refractivity contribution in [3.05, 3.63) is 40.2 Å². The van der Waals surface area contributed by atoms with E-state index in [0.717, 1.165) is 50.3 Å². The molecule has 0 unspecified atom stereocenters. The molecular weight excluding hydrogens is 320 g/mol. The van der Waals surface area contributed by atoms with Crippen molar-refractivity contribution in [2.45, 2.75) is 6.42 Å². The molecule has 3 rings (SSSR count). The van der Waals surface area contributed by atoms with Gasteiger partial charge in [-0.3, -0.25) is 4.79 Å². The molecule has 7 nitrogen and oxygen atoms in total. The second kappa shape index (κ2) is 8.62. The summed E-state index contributed by atoms with van der Waals surface area (Å²) in [5, 5.41) is 9.73. The van der Waals surface area contributed by atoms with Crippen LogP contribution in [0, 0.1) is 11.3 Å². The molecule has 0 aliphatic carbocycles. The predicted molar refractivity (Wildman–Crippen MR) is 96.9 cm³/mol. The summed E-state index contributed by atoms with van der Waals surface area (Å²) < 4.78 is 5.80. The molecule has 3 N–H and O–H groups in total. The zero-order valence-corrected chi connectivity index (χ0v) is 14.4. The minimum Gasteiger partial charge on any atom is -0.493 e. The smallest absolute Gasteiger partial charge is 0.266 e. The number of hydrogen-bond donors (Lipinski definition) is 1. The van der Waals surface area contributed by atoms with Gasteiger partial charge in [0.15, 0.2) is 0 Å². The number of fused-ring (bicyclic) bond motifs is 1. The van der Waals surface area contributed by atoms with Gasteiger partial charge in [0.1, 0.15) is 17.4 Å². The Hall–Kier alpha value is -2.40. The Bertz CT molecular complexity index is 804. The molecule has 0 amide bonds. The van der Waals surface area contributed by atoms with Gasteiger partial charge in [-0.15, -0.1) is 0 Å². The number of piperazine rings is 1. The molecule has 1 aromatic heterocycles. The van der Waals surface area contributed by atoms with E-state index in [2.05, 4.69) is 21.8 Å². The number of nitrogens with zero attached hydrogens (tertiary/aromatic N) is 3. The van der Waals surface area contributed by atoms with Gasteiger partial charge < -0.3 is 25.0 Å². The summed E-state index contributed by atoms with van der Waals surface area (Å²) in [5.74, 6) is 0.737. The molecule has 2 aromatic rings. The van der Waals surface area contributed by atoms with Crippen LogP contribution in [-0.4, -0.2) is 66.6 Å². The van der Waals surface area contributed by atoms with Crippen molar-refractivity contribution < 1.29 is 10.2 Å². The first-order valence-electron chi connectivity index (χ1n) is 8.26. The number of aromatic nitrogens is 1. The van der Waals surface area contributed by atoms with Crippen LogP contribution in [0.25, 0.3) is 10.9 Å². The van der Waals surface area contributed by atoms with Gasteiger partial charge in [0.2, 0.25) is 0 Å². The lowest BCUT2D eigenvalue weighted by Crippen LogP contribution is -2.44. The van der Waals surface area contributed by atoms with Crippen molar-refractivity contribution in [2.24, 2.45) is 0 Å². The Balaban J connectivity index is 0.00000225. The average Bonchev–Trinajstić information content (AvgIpc) is 2.59. The number of hydrogen-bond acceptors (Lipinski definition) is 5. The molecule has 0 radical (unpaired) electrons. The summed E-state index contributed by atoms with van der Waals surface area (Å²) >= 11 is 0. The molecule has 1 aliphatic rings. The maximum absolute atomic E-state index is 11.7. The molecule has 7 heteroatoms. The second-order valence-electron chi connectivity index (χ2n) is 6.22. The largest absolute Gasteiger partial charge is 0.493 e. The Labute approximate surface area is 146 Å². The normalized spacial score (nSPS) is 15.5. The van der Waals surface area contributed by atoms with Crippen LogP contribution >= 0.6 is 0 Å². The van der Waals surface area contributed by atoms with Gasteiger partial charge in [-0.05, 0) is 37.1 Å². The van der Waals surface area contributed by atoms with Gasteiger partial charge in [-0.25, -0.2) is 0 Å². The third kappa shape index (κ3) is 4.79. The lowest BCUT2D eigenvalue weighted by atomic mass is 10.1. The van der Waals surface area contributed by atoms with Crippen LogP contribution in [-0.2, 0) is 0 Å². The fraction of sp³-hybridized carbons (Fsp3) is 0.444. The summed E-state index contributed by atoms with van der Waals surface area (Å²) in [6, 6.07) is 9.05. The van der Waals surface area contributed by atoms with Crippen LogP contribution in [0.4, 0.5) is 0 Å². The molecule has 134 valence electrons. The number of aromatic amines is 1. The van der Waals surface area contributed by atoms with Crippen molar-refractivity contribution in [1.82, 2.24) is 14.8 Å². The number of nitrogens with one attached hydrogen (secondary N) is 1. The first kappa shape index (κ1) is 18.9. The zero-order chi connectivity index (χ0) is 16.9. The first-order valence-corrected chi connectivity index (χ1v) is 8.26. The molecule has 1 aromatic carbocycles. The lowest BCUT2D eigenvalue weighted by molar-refractivity contribution is 0.145. The van der Waals surface area contributed by atoms with Gasteiger partial charge in [0, 0.05) is 38.8 Å². The number of benzene rings is 1. The Kier molecular flexibility index (Phi) is 6.53. The minimum atomic E-state index is -0.364. The summed E-state index contributed by atoms with van der Waals surface area (Å²) in [6.07, 6.45) is 0.978. The van der Waals surface area contributed by atoms with Crippen molar-refractivity contribution in [2.75, 3.05) is 46.4 Å². The average molecular weight is 344 g/mol. The first-order chi connectivity index (χ1) is 11.7. The molecule has 1 fully saturated rings. The Morgan fingerprint density at radius 2 is 2.00 bits per heavy atom. The predicted octanol–water partition coefficient (Wildman–Crippen LogP) is 0.591. The summed E-state index contributed by atoms with van der Waals surface area (Å²) in [7, 11) is 2.16. The maximum atomic E-state index is 11.7. The van der Waals surface area contributed by atoms with E-state index in [-0.39, 0.29) is 16.6 Å². The third-order valence-corrected chi connectivity index (χ3v) is 4.42. The Morgan fingerprint density at radius 1 is 1.24 bits per heavy atom. The van der Waals surface area contributed by atoms with Crippen molar-refractivity contribution in [1.29, 1.82) is 5.26 Å². The van der Waals surface area contributed by atoms with E-state index < -0.39 is 0 Å². The zero-order valence-electron chi connectivity index (χ0n) is 14.4. The molecule has 1 aliphatic heterocycles. The highest BCUT2D eigenvalue weighted by molar-refractivity contribution is 5.81. The highest BCUT2D eigenvalue weighted by atomic mass is 16.5. The van der Waals surface area contributed by atoms with E-state index in [9.17, 15) is 4.79 Å². The molecule has 25 heavy (non-hydrogen) atoms. The van der Waals surface area contributed by atoms with Crippen molar-refractivity contribution in [3.8, 4) is 11.8 Å². The number of pyridine rings is 1. The molecule has 2 heterocycles. The fourth-order valence-corrected chi connectivity index (χ4v) is 2.90. The highest BCUT2D eigenvalue weighted by Crippen LogP contribution is 2.19. The van der Waals surface area contributed by atoms with Crippen LogP contribution in [0.5, 0.6) is 5.75 Å². The van der Waals surface area contributed by atoms with Crippen LogP contribution in [0.3, 0.4) is 0 Å². The van der Waals surface area contributed by atoms with E-state index in [4.69, 9.17) is 10.00 Å². The Morgan fingerprint density at radius 3 is 2.72 bits per heavy atom. The highest BCUT2D eigenvalue weighted by Gasteiger charge is 2.12. The summed E-state index contributed by atoms with van der Waals surface area (Å²) in [5.41, 5.74) is 0.455. The van der Waals surface area contributed by atoms with Crippen LogP contribution in [0.1, 0.15) is 12.0 Å². The topological polar surface area (TPSA) is 104 Å². The van der Waals surface area contributed by atoms with Gasteiger partial charge in [-0.2, -0.15) is 5.26 Å². The second-order valence-corrected chi connectivity index (χ2v) is 6.22. The summed E-state index contributed by atoms with van der Waals surface area (Å²) in [6.45, 7) is 6.19. The summed E-state index contributed by atoms with van der Waals surface area (Å²) in [4.78, 5) is 19.2. The molecule has 0 spiro atoms. The number of H-pyrrole nitrogens is 1. The molecule has 0 saturated carbocycles. The minimum absolute atomic E-state index is 0. The van der Waals surface area contributed by atoms with E-state index in [1.807, 2.05) is 24.3 Å². The monoisotopic (exact) mass is 344 g/mol. The van der Waals surface area contributed by atoms with Gasteiger partial charge in [0.25, 0.3) is 5.56 Å². The van der Waals surface area contributed by atoms with E-state index in [1.54, 1.807) is 6.07 Å². The van der Waals surface area contributed by atoms with Crippen LogP contribution < -0.4 is 10.3 Å². The number of nitriles is 1. The maximum Gasteiger partial charge on any atom is 0.266 e. The van der Waals surface area contributed by atoms with Crippen molar-refractivity contribution in [3.63, 3.8) is 0 Å². The molecule has 1 saturated heterocycles. The van der Waals surface area contributed by atoms with Gasteiger partial charge in [0.05, 0.1) is 12.1 Å². The van der Waals surface area contributed by atoms with Gasteiger partial charge in [-0.1, -0.05) is 0 Å². The van der Waals surface area contributed by atoms with Crippen LogP contribution in [0.15, 0.2) is 29.1 Å². The number of ether oxygens (including phenoxy) is 1. The SMILES string of the molecule is CN1CCN(CCCOc2ccc3cc(C#N)c(=O)[nH]c3c2)CC1.O. The number of likely N-dealkylation sites (N-methyl/N-ethyl adjacent to an activating group) is 1. The third-order valence-electron chi connectivity index (χ3n) is 4.42. The molecular formula is C18H24N4O3. The fourth-order valence-electron chi connectivity index (χ4n) is 2.90. The van der Waals surface area contributed by atoms with Crippen molar-refractivity contribution >= 4 is 10.9 Å². The lowest BCUT2D eigenvalue weighted by Gasteiger charge is -2.32. The molecule has 0 atom stereocenters. The number of rotatable bonds is 5. The van der Waals surface area contributed by atoms with E-state index >= 15 is 0 Å². The standard InChI is InChI=1S/C18H22N4O2.H2O/c1-21-6-8-22(9-7-21)5-2-10-24-16-4-3-14-11-15(13-19)18(23)20-17(14)12-16;/h3-4,11-12H,2,5-10H2,1H3,(H,20,23);1H2.